The summed E-state index contributed by atoms with van der Waals surface area (Å²) < 4.78 is 0. The first-order valence-electron chi connectivity index (χ1n) is 9.61. The molecule has 0 aromatic rings. The second-order valence-corrected chi connectivity index (χ2v) is 8.59. The van der Waals surface area contributed by atoms with Crippen molar-refractivity contribution in [3.63, 3.8) is 0 Å². The Morgan fingerprint density at radius 1 is 0.727 bits per heavy atom. The quantitative estimate of drug-likeness (QED) is 0.287. The number of rotatable bonds is 16. The minimum Gasteiger partial charge on any atom is -0.299 e. The maximum Gasteiger partial charge on any atom is 0.142 e. The molecule has 22 heavy (non-hydrogen) atoms. The third-order valence-corrected chi connectivity index (χ3v) is 5.38. The van der Waals surface area contributed by atoms with E-state index in [9.17, 15) is 4.79 Å². The van der Waals surface area contributed by atoms with Gasteiger partial charge in [0.05, 0.1) is 5.75 Å². The van der Waals surface area contributed by atoms with Crippen LogP contribution in [0.1, 0.15) is 98.3 Å². The summed E-state index contributed by atoms with van der Waals surface area (Å²) in [6.07, 6.45) is 14.3. The highest BCUT2D eigenvalue weighted by Gasteiger charge is 2.03. The number of thioether (sulfide) groups is 1. The molecule has 0 fully saturated rings. The smallest absolute Gasteiger partial charge is 0.142 e. The molecule has 0 spiro atoms. The van der Waals surface area contributed by atoms with Crippen LogP contribution in [0.15, 0.2) is 0 Å². The van der Waals surface area contributed by atoms with Crippen LogP contribution in [0.4, 0.5) is 0 Å². The van der Waals surface area contributed by atoms with Crippen molar-refractivity contribution >= 4 is 17.5 Å². The Balaban J connectivity index is 3.15. The molecular weight excluding hydrogens is 288 g/mol. The molecule has 0 aliphatic carbocycles. The van der Waals surface area contributed by atoms with E-state index in [1.807, 2.05) is 0 Å². The zero-order valence-corrected chi connectivity index (χ0v) is 16.5. The van der Waals surface area contributed by atoms with Crippen LogP contribution in [0.2, 0.25) is 0 Å². The van der Waals surface area contributed by atoms with Gasteiger partial charge >= 0.3 is 0 Å². The molecule has 0 saturated carbocycles. The number of carbonyl (C=O) groups is 1. The fourth-order valence-electron chi connectivity index (χ4n) is 2.59. The highest BCUT2D eigenvalue weighted by Crippen LogP contribution is 2.14. The zero-order valence-electron chi connectivity index (χ0n) is 15.7. The number of ketones is 1. The summed E-state index contributed by atoms with van der Waals surface area (Å²) in [6.45, 7) is 9.05. The van der Waals surface area contributed by atoms with E-state index in [2.05, 4.69) is 27.7 Å². The lowest BCUT2D eigenvalue weighted by molar-refractivity contribution is -0.116. The fraction of sp³-hybridized carbons (Fsp3) is 0.950. The van der Waals surface area contributed by atoms with Gasteiger partial charge in [-0.25, -0.2) is 0 Å². The SMILES string of the molecule is CC(C)CCCCCCCCCCCC(=O)CSCC(C)C. The van der Waals surface area contributed by atoms with Crippen LogP contribution in [-0.2, 0) is 4.79 Å². The molecule has 0 aliphatic rings. The number of carbonyl (C=O) groups excluding carboxylic acids is 1. The van der Waals surface area contributed by atoms with Crippen molar-refractivity contribution in [3.8, 4) is 0 Å². The lowest BCUT2D eigenvalue weighted by atomic mass is 10.0. The lowest BCUT2D eigenvalue weighted by Crippen LogP contribution is -2.03. The topological polar surface area (TPSA) is 17.1 Å². The second-order valence-electron chi connectivity index (χ2n) is 7.56. The highest BCUT2D eigenvalue weighted by molar-refractivity contribution is 7.99. The van der Waals surface area contributed by atoms with Gasteiger partial charge in [0.15, 0.2) is 0 Å². The fourth-order valence-corrected chi connectivity index (χ4v) is 3.55. The van der Waals surface area contributed by atoms with E-state index in [-0.39, 0.29) is 0 Å². The van der Waals surface area contributed by atoms with Crippen LogP contribution in [0, 0.1) is 11.8 Å². The van der Waals surface area contributed by atoms with E-state index in [0.29, 0.717) is 11.7 Å². The van der Waals surface area contributed by atoms with Crippen LogP contribution in [0.5, 0.6) is 0 Å². The third kappa shape index (κ3) is 18.1. The average molecular weight is 329 g/mol. The zero-order chi connectivity index (χ0) is 16.6. The van der Waals surface area contributed by atoms with Gasteiger partial charge in [-0.15, -0.1) is 0 Å². The first kappa shape index (κ1) is 22.0. The van der Waals surface area contributed by atoms with Gasteiger partial charge in [-0.3, -0.25) is 4.79 Å². The molecule has 0 unspecified atom stereocenters. The molecule has 0 aromatic carbocycles. The van der Waals surface area contributed by atoms with Gasteiger partial charge in [-0.05, 0) is 24.0 Å². The van der Waals surface area contributed by atoms with Crippen molar-refractivity contribution < 1.29 is 4.79 Å². The van der Waals surface area contributed by atoms with Gasteiger partial charge in [0, 0.05) is 6.42 Å². The minimum absolute atomic E-state index is 0.454. The van der Waals surface area contributed by atoms with Crippen molar-refractivity contribution in [2.45, 2.75) is 98.3 Å². The van der Waals surface area contributed by atoms with Crippen LogP contribution in [0.25, 0.3) is 0 Å². The van der Waals surface area contributed by atoms with E-state index < -0.39 is 0 Å². The number of Topliss-reactive ketones (excluding diaryl/α,β-unsaturated/α-hetero) is 1. The summed E-state index contributed by atoms with van der Waals surface area (Å²) in [6, 6.07) is 0. The first-order valence-corrected chi connectivity index (χ1v) is 10.8. The van der Waals surface area contributed by atoms with Crippen molar-refractivity contribution in [2.24, 2.45) is 11.8 Å². The molecule has 0 amide bonds. The summed E-state index contributed by atoms with van der Waals surface area (Å²) >= 11 is 1.80. The Hall–Kier alpha value is 0.0200. The molecule has 1 nitrogen and oxygen atoms in total. The summed E-state index contributed by atoms with van der Waals surface area (Å²) in [4.78, 5) is 11.7. The highest BCUT2D eigenvalue weighted by atomic mass is 32.2. The summed E-state index contributed by atoms with van der Waals surface area (Å²) in [5.74, 6) is 3.86. The van der Waals surface area contributed by atoms with Gasteiger partial charge in [-0.1, -0.05) is 85.5 Å². The number of hydrogen-bond acceptors (Lipinski definition) is 2. The molecule has 0 N–H and O–H groups in total. The molecule has 0 bridgehead atoms. The van der Waals surface area contributed by atoms with Gasteiger partial charge in [-0.2, -0.15) is 11.8 Å². The number of unbranched alkanes of at least 4 members (excludes halogenated alkanes) is 8. The minimum atomic E-state index is 0.454. The van der Waals surface area contributed by atoms with Crippen molar-refractivity contribution in [3.05, 3.63) is 0 Å². The Labute approximate surface area is 144 Å². The second kappa shape index (κ2) is 15.9. The monoisotopic (exact) mass is 328 g/mol. The Morgan fingerprint density at radius 3 is 1.73 bits per heavy atom. The maximum atomic E-state index is 11.7. The Bertz CT molecular complexity index is 248. The molecule has 2 heteroatoms. The average Bonchev–Trinajstić information content (AvgIpc) is 2.44. The molecule has 0 heterocycles. The van der Waals surface area contributed by atoms with E-state index in [4.69, 9.17) is 0 Å². The van der Waals surface area contributed by atoms with E-state index >= 15 is 0 Å². The molecule has 0 radical (unpaired) electrons. The predicted octanol–water partition coefficient (Wildman–Crippen LogP) is 6.89. The third-order valence-electron chi connectivity index (χ3n) is 3.95. The van der Waals surface area contributed by atoms with Gasteiger partial charge in [0.25, 0.3) is 0 Å². The molecule has 0 aromatic heterocycles. The molecule has 0 saturated heterocycles. The van der Waals surface area contributed by atoms with E-state index in [1.54, 1.807) is 11.8 Å². The molecule has 132 valence electrons. The molecule has 0 rings (SSSR count). The largest absolute Gasteiger partial charge is 0.299 e. The Morgan fingerprint density at radius 2 is 1.23 bits per heavy atom. The maximum absolute atomic E-state index is 11.7. The molecule has 0 aliphatic heterocycles. The van der Waals surface area contributed by atoms with E-state index in [0.717, 1.165) is 30.3 Å². The van der Waals surface area contributed by atoms with Crippen LogP contribution < -0.4 is 0 Å². The van der Waals surface area contributed by atoms with Gasteiger partial charge in [0.2, 0.25) is 0 Å². The van der Waals surface area contributed by atoms with Crippen LogP contribution >= 0.6 is 11.8 Å². The Kier molecular flexibility index (Phi) is 15.9. The summed E-state index contributed by atoms with van der Waals surface area (Å²) in [5.41, 5.74) is 0. The van der Waals surface area contributed by atoms with Crippen LogP contribution in [0.3, 0.4) is 0 Å². The summed E-state index contributed by atoms with van der Waals surface area (Å²) in [5, 5.41) is 0. The normalized spacial score (nSPS) is 11.5. The molecular formula is C20H40OS. The predicted molar refractivity (Wildman–Crippen MR) is 103 cm³/mol. The van der Waals surface area contributed by atoms with E-state index in [1.165, 1.54) is 57.8 Å². The summed E-state index contributed by atoms with van der Waals surface area (Å²) in [7, 11) is 0. The van der Waals surface area contributed by atoms with Crippen LogP contribution in [-0.4, -0.2) is 17.3 Å². The first-order chi connectivity index (χ1) is 10.5. The van der Waals surface area contributed by atoms with Gasteiger partial charge < -0.3 is 0 Å². The van der Waals surface area contributed by atoms with Crippen molar-refractivity contribution in [2.75, 3.05) is 11.5 Å². The lowest BCUT2D eigenvalue weighted by Gasteiger charge is -2.05. The van der Waals surface area contributed by atoms with Gasteiger partial charge in [0.1, 0.15) is 5.78 Å². The number of hydrogen-bond donors (Lipinski definition) is 0. The standard InChI is InChI=1S/C20H40OS/c1-18(2)14-12-10-8-6-5-7-9-11-13-15-20(21)17-22-16-19(3)4/h18-19H,5-17H2,1-4H3. The van der Waals surface area contributed by atoms with Crippen molar-refractivity contribution in [1.82, 2.24) is 0 Å². The molecule has 0 atom stereocenters. The van der Waals surface area contributed by atoms with Crippen molar-refractivity contribution in [1.29, 1.82) is 0 Å².